The van der Waals surface area contributed by atoms with Crippen molar-refractivity contribution in [3.8, 4) is 23.2 Å². The largest absolute Gasteiger partial charge is 0.492 e. The Kier molecular flexibility index (Phi) is 14.8. The average Bonchev–Trinajstić information content (AvgIpc) is 3.52. The molecular formula is C43H63N5O2S. The van der Waals surface area contributed by atoms with Crippen LogP contribution in [0.2, 0.25) is 0 Å². The van der Waals surface area contributed by atoms with Crippen LogP contribution in [-0.4, -0.2) is 42.0 Å². The van der Waals surface area contributed by atoms with Gasteiger partial charge in [0.05, 0.1) is 15.8 Å². The third-order valence-electron chi connectivity index (χ3n) is 11.1. The molecule has 278 valence electrons. The number of pyridine rings is 1. The van der Waals surface area contributed by atoms with Gasteiger partial charge in [0.1, 0.15) is 11.6 Å². The van der Waals surface area contributed by atoms with Crippen molar-refractivity contribution in [2.24, 2.45) is 11.8 Å². The van der Waals surface area contributed by atoms with Crippen LogP contribution in [0.3, 0.4) is 0 Å². The van der Waals surface area contributed by atoms with Crippen molar-refractivity contribution in [1.82, 2.24) is 9.66 Å². The van der Waals surface area contributed by atoms with Crippen molar-refractivity contribution in [1.29, 1.82) is 5.26 Å². The van der Waals surface area contributed by atoms with Crippen molar-refractivity contribution in [2.45, 2.75) is 131 Å². The predicted octanol–water partition coefficient (Wildman–Crippen LogP) is 8.89. The number of aromatic nitrogens is 2. The Morgan fingerprint density at radius 3 is 2.08 bits per heavy atom. The monoisotopic (exact) mass is 713 g/mol. The molecule has 0 spiro atoms. The summed E-state index contributed by atoms with van der Waals surface area (Å²) in [6.07, 6.45) is 17.7. The Morgan fingerprint density at radius 1 is 1.02 bits per heavy atom. The summed E-state index contributed by atoms with van der Waals surface area (Å²) < 4.78 is 1.14. The molecule has 3 aromatic rings. The van der Waals surface area contributed by atoms with Crippen molar-refractivity contribution in [3.63, 3.8) is 0 Å². The quantitative estimate of drug-likeness (QED) is 0.150. The molecule has 0 radical (unpaired) electrons. The maximum Gasteiger partial charge on any atom is 0.280 e. The molecule has 4 rings (SSSR count). The number of anilines is 1. The van der Waals surface area contributed by atoms with Crippen LogP contribution in [0.5, 0.6) is 5.88 Å². The van der Waals surface area contributed by atoms with Gasteiger partial charge in [-0.2, -0.15) is 9.94 Å². The molecule has 0 amide bonds. The molecule has 51 heavy (non-hydrogen) atoms. The fraction of sp³-hybridized carbons (Fsp3) is 0.605. The second-order valence-electron chi connectivity index (χ2n) is 15.1. The van der Waals surface area contributed by atoms with E-state index in [1.807, 2.05) is 6.08 Å². The molecule has 7 nitrogen and oxygen atoms in total. The summed E-state index contributed by atoms with van der Waals surface area (Å²) in [6, 6.07) is 6.83. The van der Waals surface area contributed by atoms with Gasteiger partial charge in [0.2, 0.25) is 5.88 Å². The van der Waals surface area contributed by atoms with Crippen LogP contribution in [0.1, 0.15) is 144 Å². The lowest BCUT2D eigenvalue weighted by Crippen LogP contribution is -2.50. The van der Waals surface area contributed by atoms with Gasteiger partial charge >= 0.3 is 0 Å². The van der Waals surface area contributed by atoms with E-state index in [1.165, 1.54) is 92.3 Å². The number of aryl methyl sites for hydroxylation is 2. The normalized spacial score (nSPS) is 15.2. The third kappa shape index (κ3) is 9.46. The molecule has 0 bridgehead atoms. The van der Waals surface area contributed by atoms with E-state index in [9.17, 15) is 15.2 Å². The molecule has 0 aliphatic heterocycles. The SMILES string of the molecule is C=c1c(C#N)c(O)n(N(C)C)c(=O)/c1=C\c1sc(N(CC(CC)CCCC)CC(CC)CCCC)nc1-c1c(C)cc(C2CCCCC2)cc1C. The zero-order valence-corrected chi connectivity index (χ0v) is 33.6. The van der Waals surface area contributed by atoms with Gasteiger partial charge in [-0.15, -0.1) is 0 Å². The van der Waals surface area contributed by atoms with Crippen molar-refractivity contribution >= 4 is 29.1 Å². The Hall–Kier alpha value is -3.57. The summed E-state index contributed by atoms with van der Waals surface area (Å²) >= 11 is 1.63. The third-order valence-corrected chi connectivity index (χ3v) is 12.1. The molecule has 1 fully saturated rings. The van der Waals surface area contributed by atoms with Crippen LogP contribution in [0.15, 0.2) is 16.9 Å². The maximum absolute atomic E-state index is 14.0. The van der Waals surface area contributed by atoms with E-state index in [0.717, 1.165) is 51.9 Å². The van der Waals surface area contributed by atoms with Gasteiger partial charge in [-0.05, 0) is 80.1 Å². The van der Waals surface area contributed by atoms with Crippen molar-refractivity contribution in [3.05, 3.63) is 60.1 Å². The number of nitrogens with zero attached hydrogens (tertiary/aromatic N) is 5. The summed E-state index contributed by atoms with van der Waals surface area (Å²) in [5, 5.41) is 23.9. The molecule has 2 aromatic heterocycles. The summed E-state index contributed by atoms with van der Waals surface area (Å²) in [7, 11) is 3.35. The summed E-state index contributed by atoms with van der Waals surface area (Å²) in [4.78, 5) is 22.9. The number of hydrogen-bond donors (Lipinski definition) is 1. The fourth-order valence-corrected chi connectivity index (χ4v) is 8.98. The number of unbranched alkanes of at least 4 members (excludes halogenated alkanes) is 2. The molecule has 2 heterocycles. The van der Waals surface area contributed by atoms with Gasteiger partial charge in [-0.3, -0.25) is 4.79 Å². The standard InChI is InChI=1S/C43H63N5O2S/c1-10-14-19-32(12-3)27-47(28-33(13-4)20-15-11-2)43-45-40(39-29(5)23-35(24-30(39)6)34-21-17-16-18-22-34)38(51-43)25-36-31(7)37(26-44)42(50)48(41(36)49)46(8)9/h23-25,32-34,50H,7,10-22,27-28H2,1-6,8-9H3/b36-25-. The summed E-state index contributed by atoms with van der Waals surface area (Å²) in [6.45, 7) is 19.6. The smallest absolute Gasteiger partial charge is 0.280 e. The molecular weight excluding hydrogens is 651 g/mol. The van der Waals surface area contributed by atoms with E-state index in [1.54, 1.807) is 25.4 Å². The molecule has 2 atom stereocenters. The number of benzene rings is 1. The Morgan fingerprint density at radius 2 is 1.59 bits per heavy atom. The van der Waals surface area contributed by atoms with Crippen LogP contribution in [0, 0.1) is 37.0 Å². The van der Waals surface area contributed by atoms with E-state index in [0.29, 0.717) is 23.0 Å². The molecule has 2 unspecified atom stereocenters. The predicted molar refractivity (Wildman–Crippen MR) is 217 cm³/mol. The highest BCUT2D eigenvalue weighted by molar-refractivity contribution is 7.16. The first-order chi connectivity index (χ1) is 24.5. The zero-order valence-electron chi connectivity index (χ0n) is 32.8. The van der Waals surface area contributed by atoms with Crippen molar-refractivity contribution in [2.75, 3.05) is 37.1 Å². The number of rotatable bonds is 17. The van der Waals surface area contributed by atoms with Crippen LogP contribution in [0.25, 0.3) is 23.9 Å². The highest BCUT2D eigenvalue weighted by Crippen LogP contribution is 2.41. The number of thiazole rings is 1. The van der Waals surface area contributed by atoms with Crippen LogP contribution in [-0.2, 0) is 0 Å². The van der Waals surface area contributed by atoms with E-state index < -0.39 is 11.4 Å². The lowest BCUT2D eigenvalue weighted by molar-refractivity contribution is 0.403. The molecule has 1 N–H and O–H groups in total. The number of hydrogen-bond acceptors (Lipinski definition) is 7. The molecule has 8 heteroatoms. The average molecular weight is 714 g/mol. The molecule has 0 saturated heterocycles. The van der Waals surface area contributed by atoms with Gasteiger partial charge in [-0.25, -0.2) is 4.98 Å². The Balaban J connectivity index is 2.00. The van der Waals surface area contributed by atoms with E-state index >= 15 is 0 Å². The topological polar surface area (TPSA) is 85.4 Å². The fourth-order valence-electron chi connectivity index (χ4n) is 7.95. The first-order valence-corrected chi connectivity index (χ1v) is 20.4. The lowest BCUT2D eigenvalue weighted by atomic mass is 9.82. The molecule has 1 aliphatic carbocycles. The second kappa shape index (κ2) is 18.8. The summed E-state index contributed by atoms with van der Waals surface area (Å²) in [5.41, 5.74) is 5.37. The van der Waals surface area contributed by atoms with Gasteiger partial charge < -0.3 is 15.0 Å². The van der Waals surface area contributed by atoms with Gasteiger partial charge in [-0.1, -0.05) is 116 Å². The van der Waals surface area contributed by atoms with Crippen molar-refractivity contribution < 1.29 is 5.11 Å². The first kappa shape index (κ1) is 40.2. The van der Waals surface area contributed by atoms with E-state index in [4.69, 9.17) is 4.98 Å². The van der Waals surface area contributed by atoms with Gasteiger partial charge in [0.25, 0.3) is 5.56 Å². The minimum Gasteiger partial charge on any atom is -0.492 e. The van der Waals surface area contributed by atoms with Crippen LogP contribution < -0.4 is 25.9 Å². The summed E-state index contributed by atoms with van der Waals surface area (Å²) in [5.74, 6) is 1.34. The maximum atomic E-state index is 14.0. The van der Waals surface area contributed by atoms with Crippen LogP contribution >= 0.6 is 11.3 Å². The van der Waals surface area contributed by atoms with E-state index in [2.05, 4.69) is 71.2 Å². The Labute approximate surface area is 311 Å². The first-order valence-electron chi connectivity index (χ1n) is 19.6. The zero-order chi connectivity index (χ0) is 37.2. The number of aromatic hydroxyl groups is 1. The van der Waals surface area contributed by atoms with Gasteiger partial charge in [0, 0.05) is 38.0 Å². The number of nitriles is 1. The van der Waals surface area contributed by atoms with E-state index in [-0.39, 0.29) is 10.8 Å². The second-order valence-corrected chi connectivity index (χ2v) is 16.1. The molecule has 1 saturated carbocycles. The molecule has 1 aliphatic rings. The highest BCUT2D eigenvalue weighted by Gasteiger charge is 2.25. The highest BCUT2D eigenvalue weighted by atomic mass is 32.1. The molecule has 1 aromatic carbocycles. The minimum atomic E-state index is -0.420. The minimum absolute atomic E-state index is 0.00455. The van der Waals surface area contributed by atoms with Crippen LogP contribution in [0.4, 0.5) is 5.13 Å². The Bertz CT molecular complexity index is 1790. The van der Waals surface area contributed by atoms with Gasteiger partial charge in [0.15, 0.2) is 5.13 Å². The lowest BCUT2D eigenvalue weighted by Gasteiger charge is -2.30.